The summed E-state index contributed by atoms with van der Waals surface area (Å²) in [6, 6.07) is 0. The van der Waals surface area contributed by atoms with Gasteiger partial charge < -0.3 is 14.9 Å². The Morgan fingerprint density at radius 3 is 2.73 bits per heavy atom. The maximum absolute atomic E-state index is 7.53. The molecular weight excluding hydrogens is 270 g/mol. The van der Waals surface area contributed by atoms with Gasteiger partial charge in [0.15, 0.2) is 5.52 Å². The van der Waals surface area contributed by atoms with Gasteiger partial charge in [-0.3, -0.25) is 0 Å². The van der Waals surface area contributed by atoms with E-state index in [4.69, 9.17) is 22.1 Å². The molecule has 0 unspecified atom stereocenters. The molecule has 2 rings (SSSR count). The number of aromatic nitrogens is 4. The molecule has 0 spiro atoms. The summed E-state index contributed by atoms with van der Waals surface area (Å²) in [7, 11) is 0. The molecule has 0 atom stereocenters. The van der Waals surface area contributed by atoms with Crippen molar-refractivity contribution in [2.45, 2.75) is 6.92 Å². The molecule has 0 aliphatic rings. The van der Waals surface area contributed by atoms with Crippen LogP contribution in [0.3, 0.4) is 0 Å². The monoisotopic (exact) mass is 278 g/mol. The van der Waals surface area contributed by atoms with Crippen LogP contribution in [0, 0.1) is 4.64 Å². The van der Waals surface area contributed by atoms with E-state index in [2.05, 4.69) is 19.9 Å². The molecular formula is C7H10N4O2SZn+2. The largest absolute Gasteiger partial charge is 0.477 e. The standard InChI is InChI=1S/C5H4N4S.C2H4O2.Zn/c10-5-3-4(7-1-6-3)8-2-9-5;1-2(3)4;/h1-2H,(H2,6,7,8,9,10);1H3,(H,3,4);/p+2. The summed E-state index contributed by atoms with van der Waals surface area (Å²) >= 11 is 4.96. The van der Waals surface area contributed by atoms with Gasteiger partial charge in [0, 0.05) is 19.5 Å². The molecule has 0 saturated heterocycles. The van der Waals surface area contributed by atoms with E-state index < -0.39 is 5.97 Å². The van der Waals surface area contributed by atoms with Gasteiger partial charge >= 0.3 is 5.97 Å². The fourth-order valence-corrected chi connectivity index (χ4v) is 1.03. The maximum atomic E-state index is 7.53. The van der Waals surface area contributed by atoms with Crippen LogP contribution in [0.4, 0.5) is 0 Å². The van der Waals surface area contributed by atoms with Gasteiger partial charge in [-0.15, -0.1) is 0 Å². The quantitative estimate of drug-likeness (QED) is 0.372. The van der Waals surface area contributed by atoms with Gasteiger partial charge in [0.25, 0.3) is 0 Å². The number of carboxylic acid groups (broad SMARTS) is 1. The number of aliphatic hydroxyl groups excluding tert-OH is 1. The van der Waals surface area contributed by atoms with Crippen molar-refractivity contribution in [2.75, 3.05) is 0 Å². The van der Waals surface area contributed by atoms with Crippen LogP contribution < -0.4 is 4.98 Å². The first kappa shape index (κ1) is 13.9. The Balaban J connectivity index is 0.000000346. The molecule has 2 aromatic heterocycles. The van der Waals surface area contributed by atoms with Crippen molar-refractivity contribution in [2.24, 2.45) is 0 Å². The van der Waals surface area contributed by atoms with Crippen LogP contribution in [0.1, 0.15) is 6.92 Å². The molecule has 0 aliphatic heterocycles. The van der Waals surface area contributed by atoms with Crippen molar-refractivity contribution in [1.82, 2.24) is 15.0 Å². The molecule has 0 bridgehead atoms. The summed E-state index contributed by atoms with van der Waals surface area (Å²) < 4.78 is 0.672. The van der Waals surface area contributed by atoms with E-state index in [0.29, 0.717) is 4.64 Å². The van der Waals surface area contributed by atoms with Crippen LogP contribution in [0.2, 0.25) is 0 Å². The Hall–Kier alpha value is -1.14. The van der Waals surface area contributed by atoms with Gasteiger partial charge in [-0.1, -0.05) is 0 Å². The Morgan fingerprint density at radius 2 is 2.20 bits per heavy atom. The number of nitrogens with one attached hydrogen (secondary N) is 3. The van der Waals surface area contributed by atoms with Gasteiger partial charge in [0.05, 0.1) is 13.3 Å². The molecule has 0 amide bonds. The molecule has 2 heterocycles. The number of hydrogen-bond acceptors (Lipinski definition) is 2. The summed E-state index contributed by atoms with van der Waals surface area (Å²) in [5.74, 6) is -0.583. The second-order valence-corrected chi connectivity index (χ2v) is 2.84. The predicted molar refractivity (Wildman–Crippen MR) is 53.1 cm³/mol. The summed E-state index contributed by atoms with van der Waals surface area (Å²) in [6.45, 7) is 1.19. The number of fused-ring (bicyclic) bond motifs is 1. The zero-order valence-corrected chi connectivity index (χ0v) is 11.9. The van der Waals surface area contributed by atoms with Gasteiger partial charge in [0.1, 0.15) is 0 Å². The minimum absolute atomic E-state index is 0. The average Bonchev–Trinajstić information content (AvgIpc) is 2.52. The molecule has 2 aromatic rings. The van der Waals surface area contributed by atoms with Crippen molar-refractivity contribution >= 4 is 29.4 Å². The van der Waals surface area contributed by atoms with E-state index in [1.54, 1.807) is 12.7 Å². The fourth-order valence-electron chi connectivity index (χ4n) is 0.819. The molecule has 0 radical (unpaired) electrons. The molecule has 5 N–H and O–H groups in total. The van der Waals surface area contributed by atoms with Crippen molar-refractivity contribution in [3.63, 3.8) is 0 Å². The first-order chi connectivity index (χ1) is 6.61. The summed E-state index contributed by atoms with van der Waals surface area (Å²) in [5, 5.41) is 7.53. The third-order valence-corrected chi connectivity index (χ3v) is 1.60. The number of hydrogen-bond donors (Lipinski definition) is 3. The van der Waals surface area contributed by atoms with Crippen LogP contribution in [-0.4, -0.2) is 30.8 Å². The Bertz CT molecular complexity index is 491. The minimum atomic E-state index is -0.583. The Kier molecular flexibility index (Phi) is 5.88. The Morgan fingerprint density at radius 1 is 1.60 bits per heavy atom. The molecule has 0 saturated carbocycles. The zero-order valence-electron chi connectivity index (χ0n) is 8.11. The SMILES string of the molecule is CC(O)=[OH+].S=c1[nH+]c[nH]c2nc[nH]c12.[Zn]. The van der Waals surface area contributed by atoms with Gasteiger partial charge in [-0.05, 0) is 12.2 Å². The van der Waals surface area contributed by atoms with Crippen molar-refractivity contribution < 1.29 is 34.4 Å². The third kappa shape index (κ3) is 4.27. The number of carboxylic acids is 1. The average molecular weight is 280 g/mol. The van der Waals surface area contributed by atoms with Gasteiger partial charge in [-0.25, -0.2) is 9.97 Å². The third-order valence-electron chi connectivity index (χ3n) is 1.28. The molecule has 0 aliphatic carbocycles. The second-order valence-electron chi connectivity index (χ2n) is 2.44. The van der Waals surface area contributed by atoms with Crippen molar-refractivity contribution in [3.8, 4) is 0 Å². The topological polar surface area (TPSA) is 100 Å². The number of nitrogens with zero attached hydrogens (tertiary/aromatic N) is 1. The molecule has 15 heavy (non-hydrogen) atoms. The first-order valence-electron chi connectivity index (χ1n) is 3.75. The van der Waals surface area contributed by atoms with E-state index in [1.807, 2.05) is 0 Å². The van der Waals surface area contributed by atoms with E-state index in [9.17, 15) is 0 Å². The van der Waals surface area contributed by atoms with Gasteiger partial charge in [0.2, 0.25) is 16.6 Å². The number of imidazole rings is 1. The van der Waals surface area contributed by atoms with Crippen molar-refractivity contribution in [1.29, 1.82) is 0 Å². The fraction of sp³-hybridized carbons (Fsp3) is 0.143. The van der Waals surface area contributed by atoms with E-state index in [-0.39, 0.29) is 19.5 Å². The molecule has 0 fully saturated rings. The smallest absolute Gasteiger partial charge is 0.339 e. The summed E-state index contributed by atoms with van der Waals surface area (Å²) in [4.78, 5) is 20.2. The van der Waals surface area contributed by atoms with Crippen LogP contribution in [-0.2, 0) is 19.5 Å². The first-order valence-corrected chi connectivity index (χ1v) is 4.16. The van der Waals surface area contributed by atoms with Crippen LogP contribution in [0.25, 0.3) is 11.2 Å². The van der Waals surface area contributed by atoms with E-state index in [0.717, 1.165) is 11.2 Å². The number of rotatable bonds is 0. The number of aliphatic carboxylic acids is 1. The van der Waals surface area contributed by atoms with Crippen LogP contribution in [0.15, 0.2) is 12.7 Å². The van der Waals surface area contributed by atoms with Crippen molar-refractivity contribution in [3.05, 3.63) is 17.3 Å². The number of aromatic amines is 3. The van der Waals surface area contributed by atoms with E-state index >= 15 is 0 Å². The molecule has 76 valence electrons. The molecule has 8 heteroatoms. The zero-order chi connectivity index (χ0) is 10.6. The maximum Gasteiger partial charge on any atom is 0.477 e. The Labute approximate surface area is 103 Å². The van der Waals surface area contributed by atoms with Crippen LogP contribution in [0.5, 0.6) is 0 Å². The van der Waals surface area contributed by atoms with Gasteiger partial charge in [-0.2, -0.15) is 4.98 Å². The second kappa shape index (κ2) is 6.37. The summed E-state index contributed by atoms with van der Waals surface area (Å²) in [6.07, 6.45) is 3.26. The van der Waals surface area contributed by atoms with E-state index in [1.165, 1.54) is 6.92 Å². The summed E-state index contributed by atoms with van der Waals surface area (Å²) in [5.41, 5.74) is 1.63. The minimum Gasteiger partial charge on any atom is -0.339 e. The predicted octanol–water partition coefficient (Wildman–Crippen LogP) is 0.499. The molecule has 0 aromatic carbocycles. The normalized spacial score (nSPS) is 8.60. The molecule has 6 nitrogen and oxygen atoms in total. The van der Waals surface area contributed by atoms with Crippen LogP contribution >= 0.6 is 12.2 Å². The number of H-pyrrole nitrogens is 3.